The summed E-state index contributed by atoms with van der Waals surface area (Å²) in [5.41, 5.74) is 3.46. The van der Waals surface area contributed by atoms with Crippen molar-refractivity contribution >= 4 is 33.3 Å². The zero-order valence-corrected chi connectivity index (χ0v) is 21.2. The Labute approximate surface area is 207 Å². The molecule has 0 unspecified atom stereocenters. The topological polar surface area (TPSA) is 96.0 Å². The van der Waals surface area contributed by atoms with E-state index in [0.29, 0.717) is 24.5 Å². The SMILES string of the molecule is Cc1cccc(NC(=O)COC(=O)c2cc(S(=O)(=O)N3CCCCC3)ccc2N2CCCC2)c1C. The third-order valence-corrected chi connectivity index (χ3v) is 8.70. The van der Waals surface area contributed by atoms with Crippen LogP contribution in [0, 0.1) is 13.8 Å². The van der Waals surface area contributed by atoms with Crippen LogP contribution in [0.1, 0.15) is 53.6 Å². The fourth-order valence-corrected chi connectivity index (χ4v) is 6.15. The Hall–Kier alpha value is -2.91. The first-order valence-electron chi connectivity index (χ1n) is 12.2. The lowest BCUT2D eigenvalue weighted by Crippen LogP contribution is -2.35. The summed E-state index contributed by atoms with van der Waals surface area (Å²) in [7, 11) is -3.71. The van der Waals surface area contributed by atoms with Crippen molar-refractivity contribution < 1.29 is 22.7 Å². The summed E-state index contributed by atoms with van der Waals surface area (Å²) in [6.45, 7) is 5.93. The van der Waals surface area contributed by atoms with E-state index in [9.17, 15) is 18.0 Å². The number of esters is 1. The largest absolute Gasteiger partial charge is 0.452 e. The Balaban J connectivity index is 1.53. The third kappa shape index (κ3) is 5.67. The molecule has 0 spiro atoms. The molecule has 0 saturated carbocycles. The van der Waals surface area contributed by atoms with Gasteiger partial charge in [0.05, 0.1) is 16.1 Å². The van der Waals surface area contributed by atoms with Crippen molar-refractivity contribution in [3.63, 3.8) is 0 Å². The van der Waals surface area contributed by atoms with E-state index >= 15 is 0 Å². The number of hydrogen-bond acceptors (Lipinski definition) is 6. The molecule has 2 heterocycles. The molecule has 1 amide bonds. The van der Waals surface area contributed by atoms with E-state index in [-0.39, 0.29) is 10.5 Å². The average molecular weight is 500 g/mol. The molecule has 188 valence electrons. The summed E-state index contributed by atoms with van der Waals surface area (Å²) in [5, 5.41) is 2.78. The number of nitrogens with zero attached hydrogens (tertiary/aromatic N) is 2. The zero-order valence-electron chi connectivity index (χ0n) is 20.4. The van der Waals surface area contributed by atoms with Crippen LogP contribution < -0.4 is 10.2 Å². The Morgan fingerprint density at radius 3 is 2.34 bits per heavy atom. The molecule has 2 aromatic rings. The Morgan fingerprint density at radius 1 is 0.943 bits per heavy atom. The van der Waals surface area contributed by atoms with Gasteiger partial charge in [-0.05, 0) is 74.9 Å². The highest BCUT2D eigenvalue weighted by molar-refractivity contribution is 7.89. The van der Waals surface area contributed by atoms with Crippen LogP contribution in [0.3, 0.4) is 0 Å². The van der Waals surface area contributed by atoms with Crippen LogP contribution in [0.15, 0.2) is 41.3 Å². The van der Waals surface area contributed by atoms with Gasteiger partial charge < -0.3 is 15.0 Å². The monoisotopic (exact) mass is 499 g/mol. The smallest absolute Gasteiger partial charge is 0.340 e. The summed E-state index contributed by atoms with van der Waals surface area (Å²) in [4.78, 5) is 27.7. The first-order valence-corrected chi connectivity index (χ1v) is 13.6. The summed E-state index contributed by atoms with van der Waals surface area (Å²) < 4.78 is 33.3. The number of rotatable bonds is 7. The highest BCUT2D eigenvalue weighted by Gasteiger charge is 2.29. The van der Waals surface area contributed by atoms with Crippen molar-refractivity contribution in [1.82, 2.24) is 4.31 Å². The Kier molecular flexibility index (Phi) is 7.76. The summed E-state index contributed by atoms with van der Waals surface area (Å²) in [5.74, 6) is -1.16. The van der Waals surface area contributed by atoms with Gasteiger partial charge in [-0.2, -0.15) is 4.31 Å². The number of hydrogen-bond donors (Lipinski definition) is 1. The molecule has 2 aliphatic rings. The third-order valence-electron chi connectivity index (χ3n) is 6.80. The Morgan fingerprint density at radius 2 is 1.63 bits per heavy atom. The molecule has 9 heteroatoms. The number of carbonyl (C=O) groups excluding carboxylic acids is 2. The normalized spacial score (nSPS) is 16.8. The van der Waals surface area contributed by atoms with E-state index in [4.69, 9.17) is 4.74 Å². The highest BCUT2D eigenvalue weighted by atomic mass is 32.2. The van der Waals surface area contributed by atoms with Crippen molar-refractivity contribution in [2.24, 2.45) is 0 Å². The molecular formula is C26H33N3O5S. The van der Waals surface area contributed by atoms with Crippen LogP contribution >= 0.6 is 0 Å². The van der Waals surface area contributed by atoms with Gasteiger partial charge in [-0.1, -0.05) is 18.6 Å². The maximum atomic E-state index is 13.2. The molecular weight excluding hydrogens is 466 g/mol. The van der Waals surface area contributed by atoms with E-state index < -0.39 is 28.5 Å². The van der Waals surface area contributed by atoms with Gasteiger partial charge in [-0.15, -0.1) is 0 Å². The number of nitrogens with one attached hydrogen (secondary N) is 1. The maximum Gasteiger partial charge on any atom is 0.340 e. The van der Waals surface area contributed by atoms with Gasteiger partial charge >= 0.3 is 5.97 Å². The second kappa shape index (κ2) is 10.8. The average Bonchev–Trinajstić information content (AvgIpc) is 3.40. The zero-order chi connectivity index (χ0) is 25.0. The van der Waals surface area contributed by atoms with Crippen molar-refractivity contribution in [2.45, 2.75) is 50.8 Å². The molecule has 4 rings (SSSR count). The van der Waals surface area contributed by atoms with Crippen molar-refractivity contribution in [1.29, 1.82) is 0 Å². The van der Waals surface area contributed by atoms with Crippen LogP contribution in [0.4, 0.5) is 11.4 Å². The number of piperidine rings is 1. The molecule has 2 aromatic carbocycles. The Bertz CT molecular complexity index is 1200. The first-order chi connectivity index (χ1) is 16.8. The number of carbonyl (C=O) groups is 2. The molecule has 0 bridgehead atoms. The van der Waals surface area contributed by atoms with Crippen LogP contribution in [0.2, 0.25) is 0 Å². The number of aryl methyl sites for hydroxylation is 1. The van der Waals surface area contributed by atoms with Crippen molar-refractivity contribution in [3.05, 3.63) is 53.1 Å². The van der Waals surface area contributed by atoms with E-state index in [1.807, 2.05) is 26.0 Å². The minimum absolute atomic E-state index is 0.0779. The number of amides is 1. The number of anilines is 2. The van der Waals surface area contributed by atoms with Crippen LogP contribution in [0.5, 0.6) is 0 Å². The standard InChI is InChI=1S/C26H33N3O5S/c1-19-9-8-10-23(20(19)2)27-25(30)18-34-26(31)22-17-21(11-12-24(22)28-13-6-7-14-28)35(32,33)29-15-4-3-5-16-29/h8-12,17H,3-7,13-16,18H2,1-2H3,(H,27,30). The van der Waals surface area contributed by atoms with Gasteiger partial charge in [0.2, 0.25) is 10.0 Å². The molecule has 1 N–H and O–H groups in total. The van der Waals surface area contributed by atoms with Crippen LogP contribution in [-0.4, -0.2) is 57.4 Å². The highest BCUT2D eigenvalue weighted by Crippen LogP contribution is 2.30. The quantitative estimate of drug-likeness (QED) is 0.581. The summed E-state index contributed by atoms with van der Waals surface area (Å²) >= 11 is 0. The summed E-state index contributed by atoms with van der Waals surface area (Å²) in [6, 6.07) is 10.3. The first kappa shape index (κ1) is 25.2. The molecule has 35 heavy (non-hydrogen) atoms. The molecule has 2 fully saturated rings. The molecule has 0 atom stereocenters. The van der Waals surface area contributed by atoms with Crippen molar-refractivity contribution in [3.8, 4) is 0 Å². The minimum atomic E-state index is -3.71. The molecule has 0 aromatic heterocycles. The van der Waals surface area contributed by atoms with Gasteiger partial charge in [-0.3, -0.25) is 4.79 Å². The fourth-order valence-electron chi connectivity index (χ4n) is 4.61. The van der Waals surface area contributed by atoms with Gasteiger partial charge in [0.25, 0.3) is 5.91 Å². The predicted molar refractivity (Wildman–Crippen MR) is 135 cm³/mol. The molecule has 2 saturated heterocycles. The van der Waals surface area contributed by atoms with Gasteiger partial charge in [-0.25, -0.2) is 13.2 Å². The van der Waals surface area contributed by atoms with Crippen LogP contribution in [0.25, 0.3) is 0 Å². The maximum absolute atomic E-state index is 13.2. The molecule has 0 aliphatic carbocycles. The summed E-state index contributed by atoms with van der Waals surface area (Å²) in [6.07, 6.45) is 4.67. The van der Waals surface area contributed by atoms with E-state index in [2.05, 4.69) is 10.2 Å². The minimum Gasteiger partial charge on any atom is -0.452 e. The van der Waals surface area contributed by atoms with E-state index in [0.717, 1.165) is 56.3 Å². The molecule has 2 aliphatic heterocycles. The fraction of sp³-hybridized carbons (Fsp3) is 0.462. The second-order valence-corrected chi connectivity index (χ2v) is 11.1. The lowest BCUT2D eigenvalue weighted by atomic mass is 10.1. The second-order valence-electron chi connectivity index (χ2n) is 9.21. The molecule has 8 nitrogen and oxygen atoms in total. The number of sulfonamides is 1. The number of ether oxygens (including phenoxy) is 1. The predicted octanol–water partition coefficient (Wildman–Crippen LogP) is 3.87. The van der Waals surface area contributed by atoms with E-state index in [1.165, 1.54) is 10.4 Å². The number of benzene rings is 2. The van der Waals surface area contributed by atoms with Crippen LogP contribution in [-0.2, 0) is 19.6 Å². The lowest BCUT2D eigenvalue weighted by Gasteiger charge is -2.27. The molecule has 0 radical (unpaired) electrons. The van der Waals surface area contributed by atoms with Gasteiger partial charge in [0, 0.05) is 31.9 Å². The van der Waals surface area contributed by atoms with Gasteiger partial charge in [0.15, 0.2) is 6.61 Å². The van der Waals surface area contributed by atoms with Crippen molar-refractivity contribution in [2.75, 3.05) is 43.0 Å². The van der Waals surface area contributed by atoms with E-state index in [1.54, 1.807) is 18.2 Å². The van der Waals surface area contributed by atoms with Gasteiger partial charge in [0.1, 0.15) is 0 Å². The lowest BCUT2D eigenvalue weighted by molar-refractivity contribution is -0.119.